The van der Waals surface area contributed by atoms with Gasteiger partial charge in [-0.3, -0.25) is 0 Å². The van der Waals surface area contributed by atoms with Gasteiger partial charge in [0.25, 0.3) is 0 Å². The molecule has 2 nitrogen and oxygen atoms in total. The smallest absolute Gasteiger partial charge is 0.133 e. The zero-order valence-corrected chi connectivity index (χ0v) is 10.4. The Morgan fingerprint density at radius 2 is 2.29 bits per heavy atom. The van der Waals surface area contributed by atoms with Gasteiger partial charge in [0.05, 0.1) is 18.2 Å². The molecule has 1 aromatic carbocycles. The van der Waals surface area contributed by atoms with Gasteiger partial charge in [0.15, 0.2) is 0 Å². The van der Waals surface area contributed by atoms with Crippen molar-refractivity contribution in [3.05, 3.63) is 28.2 Å². The molecule has 0 spiro atoms. The van der Waals surface area contributed by atoms with E-state index < -0.39 is 0 Å². The zero-order valence-electron chi connectivity index (χ0n) is 8.00. The summed E-state index contributed by atoms with van der Waals surface area (Å²) in [4.78, 5) is 0. The van der Waals surface area contributed by atoms with Gasteiger partial charge in [0.2, 0.25) is 0 Å². The minimum Gasteiger partial charge on any atom is -0.496 e. The maximum Gasteiger partial charge on any atom is 0.133 e. The topological polar surface area (TPSA) is 29.5 Å². The first-order valence-corrected chi connectivity index (χ1v) is 6.23. The van der Waals surface area contributed by atoms with Crippen LogP contribution in [-0.4, -0.2) is 24.6 Å². The van der Waals surface area contributed by atoms with E-state index in [1.165, 1.54) is 5.56 Å². The molecule has 0 unspecified atom stereocenters. The van der Waals surface area contributed by atoms with Crippen LogP contribution in [0.4, 0.5) is 0 Å². The summed E-state index contributed by atoms with van der Waals surface area (Å²) in [5.41, 5.74) is 1.23. The van der Waals surface area contributed by atoms with Crippen molar-refractivity contribution in [3.63, 3.8) is 0 Å². The number of aliphatic hydroxyl groups excluding tert-OH is 1. The molecule has 0 aliphatic rings. The number of halogens is 1. The first-order chi connectivity index (χ1) is 6.77. The van der Waals surface area contributed by atoms with Crippen molar-refractivity contribution < 1.29 is 9.84 Å². The molecule has 0 heterocycles. The molecule has 14 heavy (non-hydrogen) atoms. The molecule has 0 bridgehead atoms. The van der Waals surface area contributed by atoms with E-state index in [0.29, 0.717) is 0 Å². The van der Waals surface area contributed by atoms with E-state index in [-0.39, 0.29) is 6.61 Å². The molecule has 4 heteroatoms. The summed E-state index contributed by atoms with van der Waals surface area (Å²) in [5.74, 6) is 2.55. The Morgan fingerprint density at radius 1 is 1.50 bits per heavy atom. The zero-order chi connectivity index (χ0) is 10.4. The lowest BCUT2D eigenvalue weighted by Gasteiger charge is -2.05. The summed E-state index contributed by atoms with van der Waals surface area (Å²) in [6, 6.07) is 6.02. The van der Waals surface area contributed by atoms with Gasteiger partial charge >= 0.3 is 0 Å². The molecule has 0 aliphatic carbocycles. The summed E-state index contributed by atoms with van der Waals surface area (Å²) in [6.07, 6.45) is 0. The lowest BCUT2D eigenvalue weighted by atomic mass is 10.2. The number of benzene rings is 1. The lowest BCUT2D eigenvalue weighted by molar-refractivity contribution is 0.322. The van der Waals surface area contributed by atoms with Crippen LogP contribution >= 0.6 is 27.7 Å². The monoisotopic (exact) mass is 276 g/mol. The lowest BCUT2D eigenvalue weighted by Crippen LogP contribution is -1.89. The van der Waals surface area contributed by atoms with Crippen molar-refractivity contribution in [1.29, 1.82) is 0 Å². The molecule has 0 saturated heterocycles. The van der Waals surface area contributed by atoms with Gasteiger partial charge in [-0.1, -0.05) is 6.07 Å². The fraction of sp³-hybridized carbons (Fsp3) is 0.400. The van der Waals surface area contributed by atoms with Crippen LogP contribution in [-0.2, 0) is 5.75 Å². The Balaban J connectivity index is 2.57. The number of ether oxygens (including phenoxy) is 1. The third-order valence-corrected chi connectivity index (χ3v) is 3.35. The van der Waals surface area contributed by atoms with Crippen LogP contribution in [0.5, 0.6) is 5.75 Å². The molecule has 0 aromatic heterocycles. The van der Waals surface area contributed by atoms with E-state index >= 15 is 0 Å². The molecule has 0 fully saturated rings. The quantitative estimate of drug-likeness (QED) is 0.839. The SMILES string of the molecule is COc1ccc(CSCCO)cc1Br. The van der Waals surface area contributed by atoms with Crippen molar-refractivity contribution in [1.82, 2.24) is 0 Å². The van der Waals surface area contributed by atoms with E-state index in [1.54, 1.807) is 18.9 Å². The normalized spacial score (nSPS) is 10.2. The maximum atomic E-state index is 8.63. The molecular weight excluding hydrogens is 264 g/mol. The number of methoxy groups -OCH3 is 1. The summed E-state index contributed by atoms with van der Waals surface area (Å²) >= 11 is 5.15. The highest BCUT2D eigenvalue weighted by atomic mass is 79.9. The van der Waals surface area contributed by atoms with Gasteiger partial charge in [-0.15, -0.1) is 0 Å². The molecule has 0 atom stereocenters. The highest BCUT2D eigenvalue weighted by Gasteiger charge is 2.00. The number of thioether (sulfide) groups is 1. The van der Waals surface area contributed by atoms with Gasteiger partial charge in [-0.2, -0.15) is 11.8 Å². The van der Waals surface area contributed by atoms with Crippen LogP contribution in [0.15, 0.2) is 22.7 Å². The van der Waals surface area contributed by atoms with Crippen molar-refractivity contribution in [2.45, 2.75) is 5.75 Å². The van der Waals surface area contributed by atoms with Gasteiger partial charge in [0, 0.05) is 11.5 Å². The fourth-order valence-corrected chi connectivity index (χ4v) is 2.33. The van der Waals surface area contributed by atoms with Crippen LogP contribution in [0.25, 0.3) is 0 Å². The Bertz CT molecular complexity index is 291. The second-order valence-electron chi connectivity index (χ2n) is 2.75. The van der Waals surface area contributed by atoms with Crippen molar-refractivity contribution in [3.8, 4) is 5.75 Å². The third-order valence-electron chi connectivity index (χ3n) is 1.72. The number of hydrogen-bond donors (Lipinski definition) is 1. The predicted molar refractivity (Wildman–Crippen MR) is 63.9 cm³/mol. The van der Waals surface area contributed by atoms with E-state index in [2.05, 4.69) is 15.9 Å². The Hall–Kier alpha value is -0.190. The third kappa shape index (κ3) is 3.52. The summed E-state index contributed by atoms with van der Waals surface area (Å²) < 4.78 is 6.11. The van der Waals surface area contributed by atoms with Crippen LogP contribution < -0.4 is 4.74 Å². The molecule has 1 rings (SSSR count). The first kappa shape index (κ1) is 11.9. The second kappa shape index (κ2) is 6.32. The molecule has 0 saturated carbocycles. The van der Waals surface area contributed by atoms with E-state index in [4.69, 9.17) is 9.84 Å². The standard InChI is InChI=1S/C10H13BrO2S/c1-13-10-3-2-8(6-9(10)11)7-14-5-4-12/h2-3,6,12H,4-5,7H2,1H3. The van der Waals surface area contributed by atoms with Crippen LogP contribution in [0.3, 0.4) is 0 Å². The Morgan fingerprint density at radius 3 is 2.86 bits per heavy atom. The molecule has 0 radical (unpaired) electrons. The fourth-order valence-electron chi connectivity index (χ4n) is 1.05. The number of rotatable bonds is 5. The van der Waals surface area contributed by atoms with Crippen molar-refractivity contribution >= 4 is 27.7 Å². The van der Waals surface area contributed by atoms with Crippen LogP contribution in [0.2, 0.25) is 0 Å². The summed E-state index contributed by atoms with van der Waals surface area (Å²) in [7, 11) is 1.65. The molecular formula is C10H13BrO2S. The van der Waals surface area contributed by atoms with Crippen molar-refractivity contribution in [2.24, 2.45) is 0 Å². The minimum absolute atomic E-state index is 0.238. The average molecular weight is 277 g/mol. The molecule has 1 N–H and O–H groups in total. The summed E-state index contributed by atoms with van der Waals surface area (Å²) in [6.45, 7) is 0.238. The average Bonchev–Trinajstić information content (AvgIpc) is 2.18. The van der Waals surface area contributed by atoms with Gasteiger partial charge < -0.3 is 9.84 Å². The predicted octanol–water partition coefficient (Wildman–Crippen LogP) is 2.68. The first-order valence-electron chi connectivity index (χ1n) is 4.29. The maximum absolute atomic E-state index is 8.63. The Kier molecular flexibility index (Phi) is 5.37. The van der Waals surface area contributed by atoms with Gasteiger partial charge in [0.1, 0.15) is 5.75 Å². The molecule has 0 aliphatic heterocycles. The molecule has 0 amide bonds. The highest BCUT2D eigenvalue weighted by molar-refractivity contribution is 9.10. The van der Waals surface area contributed by atoms with Crippen LogP contribution in [0.1, 0.15) is 5.56 Å². The van der Waals surface area contributed by atoms with Gasteiger partial charge in [-0.05, 0) is 33.6 Å². The second-order valence-corrected chi connectivity index (χ2v) is 4.70. The number of aliphatic hydroxyl groups is 1. The largest absolute Gasteiger partial charge is 0.496 e. The highest BCUT2D eigenvalue weighted by Crippen LogP contribution is 2.26. The van der Waals surface area contributed by atoms with E-state index in [1.807, 2.05) is 18.2 Å². The van der Waals surface area contributed by atoms with Gasteiger partial charge in [-0.25, -0.2) is 0 Å². The summed E-state index contributed by atoms with van der Waals surface area (Å²) in [5, 5.41) is 8.63. The minimum atomic E-state index is 0.238. The number of hydrogen-bond acceptors (Lipinski definition) is 3. The molecule has 1 aromatic rings. The van der Waals surface area contributed by atoms with E-state index in [9.17, 15) is 0 Å². The Labute approximate surface area is 96.8 Å². The molecule has 78 valence electrons. The van der Waals surface area contributed by atoms with Crippen molar-refractivity contribution in [2.75, 3.05) is 19.5 Å². The van der Waals surface area contributed by atoms with Crippen LogP contribution in [0, 0.1) is 0 Å². The van der Waals surface area contributed by atoms with E-state index in [0.717, 1.165) is 21.7 Å².